The number of H-pyrrole nitrogens is 1. The van der Waals surface area contributed by atoms with E-state index in [0.29, 0.717) is 18.9 Å². The molecule has 228 valence electrons. The molecule has 0 unspecified atom stereocenters. The Labute approximate surface area is 243 Å². The number of hydrogen-bond donors (Lipinski definition) is 2. The van der Waals surface area contributed by atoms with Crippen molar-refractivity contribution in [2.75, 3.05) is 13.1 Å². The van der Waals surface area contributed by atoms with Crippen LogP contribution < -0.4 is 10.1 Å². The Kier molecular flexibility index (Phi) is 8.87. The first-order valence-electron chi connectivity index (χ1n) is 13.9. The lowest BCUT2D eigenvalue weighted by Crippen LogP contribution is -2.36. The van der Waals surface area contributed by atoms with E-state index in [9.17, 15) is 27.2 Å². The number of aromatic nitrogens is 6. The summed E-state index contributed by atoms with van der Waals surface area (Å²) in [5.74, 6) is -1.55. The predicted molar refractivity (Wildman–Crippen MR) is 145 cm³/mol. The van der Waals surface area contributed by atoms with E-state index in [-0.39, 0.29) is 23.7 Å². The zero-order chi connectivity index (χ0) is 30.6. The average molecular weight is 603 g/mol. The van der Waals surface area contributed by atoms with Crippen LogP contribution in [-0.2, 0) is 24.3 Å². The van der Waals surface area contributed by atoms with Gasteiger partial charge in [0.15, 0.2) is 11.3 Å². The molecule has 1 fully saturated rings. The number of nitrogens with one attached hydrogen (secondary N) is 2. The monoisotopic (exact) mass is 602 g/mol. The molecule has 0 aliphatic carbocycles. The van der Waals surface area contributed by atoms with E-state index in [0.717, 1.165) is 79.4 Å². The first-order chi connectivity index (χ1) is 20.5. The van der Waals surface area contributed by atoms with Crippen LogP contribution in [0.4, 0.5) is 17.6 Å². The summed E-state index contributed by atoms with van der Waals surface area (Å²) in [5, 5.41) is 19.9. The van der Waals surface area contributed by atoms with E-state index in [1.54, 1.807) is 6.92 Å². The Morgan fingerprint density at radius 1 is 1.09 bits per heavy atom. The molecule has 3 aromatic heterocycles. The number of benzene rings is 1. The first-order valence-corrected chi connectivity index (χ1v) is 13.9. The number of nitrogens with zero attached hydrogens (tertiary/aromatic N) is 6. The van der Waals surface area contributed by atoms with Gasteiger partial charge in [0.2, 0.25) is 5.91 Å². The van der Waals surface area contributed by atoms with Gasteiger partial charge >= 0.3 is 6.36 Å². The smallest absolute Gasteiger partial charge is 0.406 e. The van der Waals surface area contributed by atoms with Crippen LogP contribution in [-0.4, -0.2) is 66.3 Å². The standard InChI is InChI=1S/C28H30F4N8O3/c1-17(41)39-10-7-18(8-11-39)24-14-19-12-21(35-37-26(19)34-24)4-2-3-9-40-16-25(36-38-40)27(42)33-15-20-13-22(5-6-23(20)29)43-28(30,31)32/h5-6,12-14,16,18H,2-4,7-11,15H2,1H3,(H,33,42)(H,34,37). The molecule has 1 saturated heterocycles. The van der Waals surface area contributed by atoms with Crippen molar-refractivity contribution in [3.05, 3.63) is 65.0 Å². The average Bonchev–Trinajstić information content (AvgIpc) is 3.62. The predicted octanol–water partition coefficient (Wildman–Crippen LogP) is 4.27. The highest BCUT2D eigenvalue weighted by Gasteiger charge is 2.31. The molecule has 0 atom stereocenters. The largest absolute Gasteiger partial charge is 0.573 e. The molecule has 1 aliphatic heterocycles. The summed E-state index contributed by atoms with van der Waals surface area (Å²) in [4.78, 5) is 29.3. The fourth-order valence-corrected chi connectivity index (χ4v) is 5.09. The second-order valence-corrected chi connectivity index (χ2v) is 10.5. The number of halogens is 4. The molecule has 4 heterocycles. The van der Waals surface area contributed by atoms with Crippen LogP contribution in [0, 0.1) is 5.82 Å². The summed E-state index contributed by atoms with van der Waals surface area (Å²) >= 11 is 0. The number of likely N-dealkylation sites (tertiary alicyclic amines) is 1. The van der Waals surface area contributed by atoms with E-state index in [4.69, 9.17) is 0 Å². The number of rotatable bonds is 10. The van der Waals surface area contributed by atoms with Crippen LogP contribution in [0.5, 0.6) is 5.75 Å². The molecular weight excluding hydrogens is 572 g/mol. The number of unbranched alkanes of at least 4 members (excludes halogenated alkanes) is 1. The molecule has 1 aliphatic rings. The summed E-state index contributed by atoms with van der Waals surface area (Å²) < 4.78 is 56.6. The van der Waals surface area contributed by atoms with Crippen molar-refractivity contribution in [1.29, 1.82) is 0 Å². The van der Waals surface area contributed by atoms with E-state index >= 15 is 0 Å². The van der Waals surface area contributed by atoms with Gasteiger partial charge in [0.25, 0.3) is 5.91 Å². The minimum atomic E-state index is -4.92. The molecule has 0 radical (unpaired) electrons. The van der Waals surface area contributed by atoms with Gasteiger partial charge in [-0.05, 0) is 62.4 Å². The van der Waals surface area contributed by atoms with Crippen LogP contribution in [0.3, 0.4) is 0 Å². The van der Waals surface area contributed by atoms with Crippen molar-refractivity contribution >= 4 is 22.8 Å². The number of amides is 2. The third-order valence-corrected chi connectivity index (χ3v) is 7.36. The quantitative estimate of drug-likeness (QED) is 0.205. The molecule has 15 heteroatoms. The lowest BCUT2D eigenvalue weighted by molar-refractivity contribution is -0.274. The number of carbonyl (C=O) groups excluding carboxylic acids is 2. The highest BCUT2D eigenvalue weighted by molar-refractivity contribution is 5.91. The Hall–Kier alpha value is -4.56. The van der Waals surface area contributed by atoms with E-state index in [2.05, 4.69) is 41.6 Å². The number of piperidine rings is 1. The summed E-state index contributed by atoms with van der Waals surface area (Å²) in [6, 6.07) is 6.70. The lowest BCUT2D eigenvalue weighted by atomic mass is 9.93. The first kappa shape index (κ1) is 29.9. The summed E-state index contributed by atoms with van der Waals surface area (Å²) in [5.41, 5.74) is 2.54. The van der Waals surface area contributed by atoms with Gasteiger partial charge in [-0.25, -0.2) is 4.39 Å². The number of aryl methyl sites for hydroxylation is 2. The minimum absolute atomic E-state index is 0.00495. The molecule has 2 amide bonds. The van der Waals surface area contributed by atoms with Crippen molar-refractivity contribution in [1.82, 2.24) is 40.4 Å². The maximum atomic E-state index is 14.0. The minimum Gasteiger partial charge on any atom is -0.406 e. The molecule has 0 saturated carbocycles. The van der Waals surface area contributed by atoms with Crippen molar-refractivity contribution in [3.63, 3.8) is 0 Å². The maximum absolute atomic E-state index is 14.0. The Morgan fingerprint density at radius 3 is 2.63 bits per heavy atom. The van der Waals surface area contributed by atoms with Crippen molar-refractivity contribution < 1.29 is 31.9 Å². The molecule has 0 spiro atoms. The van der Waals surface area contributed by atoms with Crippen LogP contribution in [0.25, 0.3) is 11.0 Å². The molecular formula is C28H30F4N8O3. The molecule has 1 aromatic carbocycles. The van der Waals surface area contributed by atoms with Crippen LogP contribution in [0.2, 0.25) is 0 Å². The molecule has 5 rings (SSSR count). The van der Waals surface area contributed by atoms with E-state index < -0.39 is 23.8 Å². The normalized spacial score (nSPS) is 14.3. The topological polar surface area (TPSA) is 131 Å². The highest BCUT2D eigenvalue weighted by Crippen LogP contribution is 2.30. The van der Waals surface area contributed by atoms with Gasteiger partial charge in [0.1, 0.15) is 11.6 Å². The number of ether oxygens (including phenoxy) is 1. The maximum Gasteiger partial charge on any atom is 0.573 e. The Balaban J connectivity index is 1.07. The number of carbonyl (C=O) groups is 2. The van der Waals surface area contributed by atoms with Gasteiger partial charge in [0, 0.05) is 55.7 Å². The molecule has 11 nitrogen and oxygen atoms in total. The third kappa shape index (κ3) is 7.84. The Morgan fingerprint density at radius 2 is 1.88 bits per heavy atom. The van der Waals surface area contributed by atoms with Gasteiger partial charge in [-0.15, -0.1) is 23.4 Å². The van der Waals surface area contributed by atoms with Crippen LogP contribution in [0.15, 0.2) is 36.5 Å². The third-order valence-electron chi connectivity index (χ3n) is 7.36. The van der Waals surface area contributed by atoms with Gasteiger partial charge in [0.05, 0.1) is 11.9 Å². The number of aromatic amines is 1. The summed E-state index contributed by atoms with van der Waals surface area (Å²) in [6.45, 7) is 3.24. The zero-order valence-corrected chi connectivity index (χ0v) is 23.3. The molecule has 0 bridgehead atoms. The zero-order valence-electron chi connectivity index (χ0n) is 23.3. The molecule has 2 N–H and O–H groups in total. The van der Waals surface area contributed by atoms with E-state index in [1.165, 1.54) is 10.9 Å². The van der Waals surface area contributed by atoms with Crippen LogP contribution in [0.1, 0.15) is 66.0 Å². The fraction of sp³-hybridized carbons (Fsp3) is 0.429. The molecule has 43 heavy (non-hydrogen) atoms. The van der Waals surface area contributed by atoms with Crippen LogP contribution >= 0.6 is 0 Å². The number of fused-ring (bicyclic) bond motifs is 1. The van der Waals surface area contributed by atoms with Gasteiger partial charge in [-0.2, -0.15) is 5.10 Å². The van der Waals surface area contributed by atoms with E-state index in [1.807, 2.05) is 11.0 Å². The lowest BCUT2D eigenvalue weighted by Gasteiger charge is -2.30. The Bertz CT molecular complexity index is 1590. The number of alkyl halides is 3. The second kappa shape index (κ2) is 12.8. The summed E-state index contributed by atoms with van der Waals surface area (Å²) in [7, 11) is 0. The van der Waals surface area contributed by atoms with Gasteiger partial charge in [-0.1, -0.05) is 5.21 Å². The van der Waals surface area contributed by atoms with Crippen molar-refractivity contribution in [2.45, 2.75) is 64.4 Å². The van der Waals surface area contributed by atoms with Gasteiger partial charge < -0.3 is 19.9 Å². The summed E-state index contributed by atoms with van der Waals surface area (Å²) in [6.07, 6.45) is 0.568. The van der Waals surface area contributed by atoms with Crippen molar-refractivity contribution in [2.24, 2.45) is 0 Å². The highest BCUT2D eigenvalue weighted by atomic mass is 19.4. The van der Waals surface area contributed by atoms with Gasteiger partial charge in [-0.3, -0.25) is 14.3 Å². The number of hydrogen-bond acceptors (Lipinski definition) is 7. The molecule has 4 aromatic rings. The van der Waals surface area contributed by atoms with Crippen molar-refractivity contribution in [3.8, 4) is 5.75 Å². The fourth-order valence-electron chi connectivity index (χ4n) is 5.09. The SMILES string of the molecule is CC(=O)N1CCC(c2cc3cc(CCCCn4cc(C(=O)NCc5cc(OC(F)(F)F)ccc5F)nn4)nnc3[nH]2)CC1. The second-order valence-electron chi connectivity index (χ2n) is 10.5.